The van der Waals surface area contributed by atoms with Crippen LogP contribution in [0.3, 0.4) is 0 Å². The Balaban J connectivity index is 1.95. The van der Waals surface area contributed by atoms with E-state index >= 15 is 0 Å². The molecular formula is C18H22NO2P. The van der Waals surface area contributed by atoms with E-state index in [1.54, 1.807) is 0 Å². The number of aliphatic hydroxyl groups excluding tert-OH is 1. The van der Waals surface area contributed by atoms with Crippen LogP contribution >= 0.6 is 7.14 Å². The van der Waals surface area contributed by atoms with E-state index in [9.17, 15) is 9.67 Å². The molecule has 0 aromatic heterocycles. The van der Waals surface area contributed by atoms with Crippen molar-refractivity contribution in [3.63, 3.8) is 0 Å². The van der Waals surface area contributed by atoms with Gasteiger partial charge >= 0.3 is 0 Å². The van der Waals surface area contributed by atoms with Crippen molar-refractivity contribution in [3.8, 4) is 0 Å². The van der Waals surface area contributed by atoms with Gasteiger partial charge in [0.05, 0.1) is 6.10 Å². The summed E-state index contributed by atoms with van der Waals surface area (Å²) in [6.07, 6.45) is 1.72. The Kier molecular flexibility index (Phi) is 4.77. The second-order valence-corrected chi connectivity index (χ2v) is 8.74. The lowest BCUT2D eigenvalue weighted by Gasteiger charge is -2.25. The minimum absolute atomic E-state index is 0.0562. The van der Waals surface area contributed by atoms with Crippen molar-refractivity contribution >= 4 is 17.8 Å². The fourth-order valence-electron chi connectivity index (χ4n) is 3.13. The molecule has 0 unspecified atom stereocenters. The zero-order valence-electron chi connectivity index (χ0n) is 12.6. The average molecular weight is 315 g/mol. The van der Waals surface area contributed by atoms with Crippen LogP contribution < -0.4 is 15.9 Å². The second-order valence-electron chi connectivity index (χ2n) is 5.86. The molecule has 1 heterocycles. The largest absolute Gasteiger partial charge is 0.391 e. The van der Waals surface area contributed by atoms with E-state index in [-0.39, 0.29) is 6.04 Å². The third-order valence-corrected chi connectivity index (χ3v) is 7.51. The minimum Gasteiger partial charge on any atom is -0.391 e. The number of benzene rings is 2. The van der Waals surface area contributed by atoms with Crippen molar-refractivity contribution in [2.24, 2.45) is 0 Å². The maximum Gasteiger partial charge on any atom is 0.145 e. The molecule has 2 atom stereocenters. The van der Waals surface area contributed by atoms with E-state index in [1.165, 1.54) is 0 Å². The summed E-state index contributed by atoms with van der Waals surface area (Å²) < 4.78 is 13.8. The minimum atomic E-state index is -2.82. The predicted molar refractivity (Wildman–Crippen MR) is 91.7 cm³/mol. The highest BCUT2D eigenvalue weighted by Crippen LogP contribution is 2.44. The predicted octanol–water partition coefficient (Wildman–Crippen LogP) is 2.11. The Hall–Kier alpha value is -1.41. The fraction of sp³-hybridized carbons (Fsp3) is 0.333. The zero-order valence-corrected chi connectivity index (χ0v) is 13.5. The van der Waals surface area contributed by atoms with Gasteiger partial charge in [-0.3, -0.25) is 0 Å². The monoisotopic (exact) mass is 315 g/mol. The van der Waals surface area contributed by atoms with E-state index in [0.717, 1.165) is 30.0 Å². The van der Waals surface area contributed by atoms with Gasteiger partial charge in [0.15, 0.2) is 0 Å². The fourth-order valence-corrected chi connectivity index (χ4v) is 5.94. The van der Waals surface area contributed by atoms with Crippen LogP contribution in [0.2, 0.25) is 0 Å². The van der Waals surface area contributed by atoms with Crippen LogP contribution in [0.1, 0.15) is 12.8 Å². The molecule has 2 aromatic rings. The van der Waals surface area contributed by atoms with Crippen LogP contribution in [-0.2, 0) is 4.57 Å². The lowest BCUT2D eigenvalue weighted by atomic mass is 10.1. The maximum absolute atomic E-state index is 13.8. The first-order valence-corrected chi connectivity index (χ1v) is 9.71. The zero-order chi connectivity index (χ0) is 15.4. The first-order valence-electron chi connectivity index (χ1n) is 7.82. The highest BCUT2D eigenvalue weighted by molar-refractivity contribution is 7.78. The Morgan fingerprint density at radius 3 is 2.05 bits per heavy atom. The summed E-state index contributed by atoms with van der Waals surface area (Å²) in [6, 6.07) is 19.2. The van der Waals surface area contributed by atoms with Crippen LogP contribution in [0.4, 0.5) is 0 Å². The van der Waals surface area contributed by atoms with E-state index in [1.807, 2.05) is 60.7 Å². The van der Waals surface area contributed by atoms with E-state index < -0.39 is 13.2 Å². The smallest absolute Gasteiger partial charge is 0.145 e. The first-order chi connectivity index (χ1) is 10.7. The van der Waals surface area contributed by atoms with Gasteiger partial charge in [-0.1, -0.05) is 60.7 Å². The third-order valence-electron chi connectivity index (χ3n) is 4.35. The van der Waals surface area contributed by atoms with Crippen molar-refractivity contribution in [1.82, 2.24) is 5.32 Å². The number of hydrogen-bond donors (Lipinski definition) is 2. The molecule has 0 amide bonds. The molecule has 1 saturated heterocycles. The Bertz CT molecular complexity index is 595. The van der Waals surface area contributed by atoms with Gasteiger partial charge in [-0.15, -0.1) is 0 Å². The molecular weight excluding hydrogens is 293 g/mol. The molecule has 0 radical (unpaired) electrons. The summed E-state index contributed by atoms with van der Waals surface area (Å²) in [6.45, 7) is 0.933. The van der Waals surface area contributed by atoms with Gasteiger partial charge in [0.25, 0.3) is 0 Å². The van der Waals surface area contributed by atoms with Crippen molar-refractivity contribution in [2.75, 3.05) is 12.7 Å². The van der Waals surface area contributed by atoms with Crippen molar-refractivity contribution < 1.29 is 9.67 Å². The molecule has 22 heavy (non-hydrogen) atoms. The topological polar surface area (TPSA) is 49.3 Å². The molecule has 3 nitrogen and oxygen atoms in total. The van der Waals surface area contributed by atoms with Gasteiger partial charge in [0.2, 0.25) is 0 Å². The van der Waals surface area contributed by atoms with Crippen LogP contribution in [0.5, 0.6) is 0 Å². The molecule has 3 rings (SSSR count). The van der Waals surface area contributed by atoms with Gasteiger partial charge in [-0.05, 0) is 19.4 Å². The van der Waals surface area contributed by atoms with Crippen LogP contribution in [0, 0.1) is 0 Å². The van der Waals surface area contributed by atoms with Crippen LogP contribution in [0.15, 0.2) is 60.7 Å². The highest BCUT2D eigenvalue weighted by Gasteiger charge is 2.34. The summed E-state index contributed by atoms with van der Waals surface area (Å²) in [5, 5.41) is 15.5. The summed E-state index contributed by atoms with van der Waals surface area (Å²) in [5.74, 6) is 0. The van der Waals surface area contributed by atoms with Gasteiger partial charge < -0.3 is 15.0 Å². The summed E-state index contributed by atoms with van der Waals surface area (Å²) >= 11 is 0. The number of aliphatic hydroxyl groups is 1. The van der Waals surface area contributed by atoms with Crippen molar-refractivity contribution in [2.45, 2.75) is 25.0 Å². The van der Waals surface area contributed by atoms with Crippen molar-refractivity contribution in [1.29, 1.82) is 0 Å². The second kappa shape index (κ2) is 6.78. The molecule has 1 aliphatic heterocycles. The van der Waals surface area contributed by atoms with Crippen LogP contribution in [-0.4, -0.2) is 30.0 Å². The van der Waals surface area contributed by atoms with Gasteiger partial charge in [-0.25, -0.2) is 0 Å². The van der Waals surface area contributed by atoms with E-state index in [4.69, 9.17) is 0 Å². The quantitative estimate of drug-likeness (QED) is 0.831. The molecule has 0 spiro atoms. The average Bonchev–Trinajstić information content (AvgIpc) is 3.11. The van der Waals surface area contributed by atoms with Crippen LogP contribution in [0.25, 0.3) is 0 Å². The normalized spacial score (nSPS) is 20.0. The standard InChI is InChI=1S/C18H22NO2P/c20-18(17-12-7-13-19-17)14-22(21,15-8-3-1-4-9-15)16-10-5-2-6-11-16/h1-6,8-11,17-20H,7,12-14H2/t17-,18+/m0/s1. The Morgan fingerprint density at radius 2 is 1.59 bits per heavy atom. The SMILES string of the molecule is O=P(C[C@@H](O)[C@@H]1CCCN1)(c1ccccc1)c1ccccc1. The number of rotatable bonds is 5. The lowest BCUT2D eigenvalue weighted by molar-refractivity contribution is 0.157. The highest BCUT2D eigenvalue weighted by atomic mass is 31.2. The molecule has 0 aliphatic carbocycles. The summed E-state index contributed by atoms with van der Waals surface area (Å²) in [5.41, 5.74) is 0. The molecule has 4 heteroatoms. The molecule has 1 aliphatic rings. The van der Waals surface area contributed by atoms with Gasteiger partial charge in [0.1, 0.15) is 7.14 Å². The lowest BCUT2D eigenvalue weighted by Crippen LogP contribution is -2.39. The first kappa shape index (κ1) is 15.5. The maximum atomic E-state index is 13.8. The van der Waals surface area contributed by atoms with E-state index in [0.29, 0.717) is 6.16 Å². The number of hydrogen-bond acceptors (Lipinski definition) is 3. The molecule has 2 aromatic carbocycles. The molecule has 1 fully saturated rings. The Labute approximate surface area is 131 Å². The van der Waals surface area contributed by atoms with Crippen molar-refractivity contribution in [3.05, 3.63) is 60.7 Å². The summed E-state index contributed by atoms with van der Waals surface area (Å²) in [7, 11) is -2.82. The van der Waals surface area contributed by atoms with Gasteiger partial charge in [-0.2, -0.15) is 0 Å². The molecule has 0 bridgehead atoms. The van der Waals surface area contributed by atoms with Gasteiger partial charge in [0, 0.05) is 22.8 Å². The third kappa shape index (κ3) is 3.17. The molecule has 116 valence electrons. The Morgan fingerprint density at radius 1 is 1.05 bits per heavy atom. The molecule has 0 saturated carbocycles. The van der Waals surface area contributed by atoms with E-state index in [2.05, 4.69) is 5.32 Å². The number of nitrogens with one attached hydrogen (secondary N) is 1. The molecule has 2 N–H and O–H groups in total. The summed E-state index contributed by atoms with van der Waals surface area (Å²) in [4.78, 5) is 0.